The molecule has 0 saturated carbocycles. The summed E-state index contributed by atoms with van der Waals surface area (Å²) >= 11 is 0. The fourth-order valence-corrected chi connectivity index (χ4v) is 3.49. The Morgan fingerprint density at radius 1 is 1.26 bits per heavy atom. The molecule has 9 heteroatoms. The molecule has 1 aliphatic heterocycles. The van der Waals surface area contributed by atoms with Crippen molar-refractivity contribution in [1.29, 1.82) is 5.26 Å². The summed E-state index contributed by atoms with van der Waals surface area (Å²) in [5, 5.41) is 15.2. The van der Waals surface area contributed by atoms with E-state index in [2.05, 4.69) is 26.7 Å². The number of pyridine rings is 3. The van der Waals surface area contributed by atoms with Gasteiger partial charge < -0.3 is 10.6 Å². The summed E-state index contributed by atoms with van der Waals surface area (Å²) in [6, 6.07) is 8.08. The summed E-state index contributed by atoms with van der Waals surface area (Å²) in [7, 11) is 0. The molecule has 2 N–H and O–H groups in total. The van der Waals surface area contributed by atoms with E-state index in [4.69, 9.17) is 10.2 Å². The number of urea groups is 1. The Morgan fingerprint density at radius 2 is 2.10 bits per heavy atom. The van der Waals surface area contributed by atoms with E-state index in [-0.39, 0.29) is 11.7 Å². The van der Waals surface area contributed by atoms with E-state index in [1.54, 1.807) is 17.2 Å². The van der Waals surface area contributed by atoms with E-state index in [0.29, 0.717) is 28.3 Å². The number of hydrogen-bond donors (Lipinski definition) is 2. The average Bonchev–Trinajstić information content (AvgIpc) is 2.76. The van der Waals surface area contributed by atoms with Crippen LogP contribution in [0.25, 0.3) is 11.3 Å². The molecule has 2 amide bonds. The van der Waals surface area contributed by atoms with E-state index in [1.165, 1.54) is 18.5 Å². The highest BCUT2D eigenvalue weighted by molar-refractivity contribution is 6.03. The second kappa shape index (κ2) is 8.75. The number of amides is 2. The van der Waals surface area contributed by atoms with Crippen LogP contribution in [0.15, 0.2) is 49.1 Å². The Morgan fingerprint density at radius 3 is 2.90 bits per heavy atom. The lowest BCUT2D eigenvalue weighted by atomic mass is 10.1. The molecule has 4 rings (SSSR count). The maximum absolute atomic E-state index is 13.5. The third kappa shape index (κ3) is 4.43. The highest BCUT2D eigenvalue weighted by Gasteiger charge is 2.28. The second-order valence-electron chi connectivity index (χ2n) is 7.25. The Bertz CT molecular complexity index is 1160. The number of nitrogens with zero attached hydrogens (tertiary/aromatic N) is 5. The Labute approximate surface area is 178 Å². The molecule has 0 fully saturated rings. The van der Waals surface area contributed by atoms with Gasteiger partial charge in [0.15, 0.2) is 5.82 Å². The van der Waals surface area contributed by atoms with E-state index in [1.807, 2.05) is 19.1 Å². The van der Waals surface area contributed by atoms with Crippen molar-refractivity contribution in [1.82, 2.24) is 15.0 Å². The lowest BCUT2D eigenvalue weighted by molar-refractivity contribution is 0.254. The zero-order valence-corrected chi connectivity index (χ0v) is 16.8. The maximum Gasteiger partial charge on any atom is 0.327 e. The minimum absolute atomic E-state index is 0.145. The smallest absolute Gasteiger partial charge is 0.327 e. The first kappa shape index (κ1) is 20.2. The standard InChI is InChI=1S/C22H20FN7O/c1-14-3-2-6-27-20-5-4-19(16-7-15(9-24)10-25-11-16)29-21(20)30(14)22(31)28-18-8-17(23)12-26-13-18/h4-5,7-8,10-14,27H,2-3,6H2,1H3,(H,28,31)/t14-/m1/s1. The van der Waals surface area contributed by atoms with E-state index < -0.39 is 11.8 Å². The fourth-order valence-electron chi connectivity index (χ4n) is 3.49. The predicted molar refractivity (Wildman–Crippen MR) is 115 cm³/mol. The van der Waals surface area contributed by atoms with Gasteiger partial charge in [-0.3, -0.25) is 14.9 Å². The summed E-state index contributed by atoms with van der Waals surface area (Å²) in [4.78, 5) is 27.4. The van der Waals surface area contributed by atoms with Crippen molar-refractivity contribution in [2.24, 2.45) is 0 Å². The number of nitrogens with one attached hydrogen (secondary N) is 2. The first-order valence-corrected chi connectivity index (χ1v) is 9.86. The molecule has 0 bridgehead atoms. The molecule has 1 atom stereocenters. The minimum Gasteiger partial charge on any atom is -0.382 e. The summed E-state index contributed by atoms with van der Waals surface area (Å²) in [5.74, 6) is -0.0835. The molecule has 0 aromatic carbocycles. The number of hydrogen-bond acceptors (Lipinski definition) is 6. The number of halogens is 1. The number of rotatable bonds is 2. The fraction of sp³-hybridized carbons (Fsp3) is 0.227. The van der Waals surface area contributed by atoms with Crippen LogP contribution in [-0.4, -0.2) is 33.6 Å². The summed E-state index contributed by atoms with van der Waals surface area (Å²) in [6.07, 6.45) is 7.20. The molecule has 156 valence electrons. The van der Waals surface area contributed by atoms with Crippen molar-refractivity contribution in [3.05, 3.63) is 60.4 Å². The van der Waals surface area contributed by atoms with Gasteiger partial charge in [-0.25, -0.2) is 14.2 Å². The number of nitriles is 1. The van der Waals surface area contributed by atoms with Gasteiger partial charge in [0.2, 0.25) is 0 Å². The van der Waals surface area contributed by atoms with E-state index in [0.717, 1.165) is 25.6 Å². The molecule has 8 nitrogen and oxygen atoms in total. The molecular weight excluding hydrogens is 397 g/mol. The lowest BCUT2D eigenvalue weighted by Gasteiger charge is -2.32. The molecule has 31 heavy (non-hydrogen) atoms. The van der Waals surface area contributed by atoms with Crippen LogP contribution in [-0.2, 0) is 0 Å². The highest BCUT2D eigenvalue weighted by atomic mass is 19.1. The van der Waals surface area contributed by atoms with E-state index >= 15 is 0 Å². The Kier molecular flexibility index (Phi) is 5.71. The predicted octanol–water partition coefficient (Wildman–Crippen LogP) is 4.18. The van der Waals surface area contributed by atoms with Crippen LogP contribution < -0.4 is 15.5 Å². The van der Waals surface area contributed by atoms with Gasteiger partial charge in [-0.15, -0.1) is 0 Å². The number of anilines is 3. The zero-order chi connectivity index (χ0) is 21.8. The topological polar surface area (TPSA) is 107 Å². The van der Waals surface area contributed by atoms with Crippen LogP contribution >= 0.6 is 0 Å². The molecule has 4 heterocycles. The van der Waals surface area contributed by atoms with Gasteiger partial charge in [0.25, 0.3) is 0 Å². The Hall–Kier alpha value is -4.06. The second-order valence-corrected chi connectivity index (χ2v) is 7.25. The first-order chi connectivity index (χ1) is 15.0. The maximum atomic E-state index is 13.5. The van der Waals surface area contributed by atoms with Gasteiger partial charge in [-0.2, -0.15) is 5.26 Å². The van der Waals surface area contributed by atoms with Crippen molar-refractivity contribution in [2.45, 2.75) is 25.8 Å². The van der Waals surface area contributed by atoms with Crippen molar-refractivity contribution < 1.29 is 9.18 Å². The Balaban J connectivity index is 1.75. The monoisotopic (exact) mass is 417 g/mol. The normalized spacial score (nSPS) is 15.6. The SMILES string of the molecule is C[C@@H]1CCCNc2ccc(-c3cncc(C#N)c3)nc2N1C(=O)Nc1cncc(F)c1. The zero-order valence-electron chi connectivity index (χ0n) is 16.8. The molecule has 1 aliphatic rings. The van der Waals surface area contributed by atoms with Gasteiger partial charge in [-0.05, 0) is 38.0 Å². The van der Waals surface area contributed by atoms with Gasteiger partial charge in [0, 0.05) is 36.6 Å². The number of aromatic nitrogens is 3. The van der Waals surface area contributed by atoms with Crippen molar-refractivity contribution in [3.63, 3.8) is 0 Å². The molecular formula is C22H20FN7O. The molecule has 0 unspecified atom stereocenters. The third-order valence-electron chi connectivity index (χ3n) is 5.00. The molecule has 0 aliphatic carbocycles. The van der Waals surface area contributed by atoms with Crippen molar-refractivity contribution >= 4 is 23.2 Å². The van der Waals surface area contributed by atoms with Crippen LogP contribution in [0.3, 0.4) is 0 Å². The summed E-state index contributed by atoms with van der Waals surface area (Å²) in [6.45, 7) is 2.71. The molecule has 0 saturated heterocycles. The van der Waals surface area contributed by atoms with Crippen LogP contribution in [0.5, 0.6) is 0 Å². The lowest BCUT2D eigenvalue weighted by Crippen LogP contribution is -2.43. The number of carbonyl (C=O) groups is 1. The quantitative estimate of drug-likeness (QED) is 0.648. The number of carbonyl (C=O) groups excluding carboxylic acids is 1. The largest absolute Gasteiger partial charge is 0.382 e. The van der Waals surface area contributed by atoms with Gasteiger partial charge in [0.1, 0.15) is 11.9 Å². The van der Waals surface area contributed by atoms with Crippen molar-refractivity contribution in [3.8, 4) is 17.3 Å². The van der Waals surface area contributed by atoms with Crippen LogP contribution in [0.4, 0.5) is 26.4 Å². The summed E-state index contributed by atoms with van der Waals surface area (Å²) in [5.41, 5.74) is 2.66. The molecule has 0 spiro atoms. The molecule has 0 radical (unpaired) electrons. The molecule has 3 aromatic rings. The highest BCUT2D eigenvalue weighted by Crippen LogP contribution is 2.32. The first-order valence-electron chi connectivity index (χ1n) is 9.86. The van der Waals surface area contributed by atoms with E-state index in [9.17, 15) is 9.18 Å². The van der Waals surface area contributed by atoms with Crippen molar-refractivity contribution in [2.75, 3.05) is 22.1 Å². The summed E-state index contributed by atoms with van der Waals surface area (Å²) < 4.78 is 13.5. The third-order valence-corrected chi connectivity index (χ3v) is 5.00. The van der Waals surface area contributed by atoms with Crippen LogP contribution in [0.1, 0.15) is 25.3 Å². The number of fused-ring (bicyclic) bond motifs is 1. The molecule has 3 aromatic heterocycles. The minimum atomic E-state index is -0.536. The van der Waals surface area contributed by atoms with Gasteiger partial charge >= 0.3 is 6.03 Å². The van der Waals surface area contributed by atoms with Gasteiger partial charge in [0.05, 0.1) is 35.0 Å². The average molecular weight is 417 g/mol. The van der Waals surface area contributed by atoms with Crippen LogP contribution in [0.2, 0.25) is 0 Å². The van der Waals surface area contributed by atoms with Gasteiger partial charge in [-0.1, -0.05) is 0 Å². The van der Waals surface area contributed by atoms with Crippen LogP contribution in [0, 0.1) is 17.1 Å².